The Morgan fingerprint density at radius 3 is 2.78 bits per heavy atom. The summed E-state index contributed by atoms with van der Waals surface area (Å²) in [6.45, 7) is 2.13. The molecule has 4 rings (SSSR count). The zero-order valence-corrected chi connectivity index (χ0v) is 15.6. The Hall–Kier alpha value is -2.28. The van der Waals surface area contributed by atoms with Crippen molar-refractivity contribution in [2.24, 2.45) is 0 Å². The van der Waals surface area contributed by atoms with Gasteiger partial charge in [0, 0.05) is 18.3 Å². The lowest BCUT2D eigenvalue weighted by Crippen LogP contribution is -2.39. The Morgan fingerprint density at radius 1 is 1.22 bits per heavy atom. The number of rotatable bonds is 6. The van der Waals surface area contributed by atoms with Gasteiger partial charge in [0.05, 0.1) is 6.54 Å². The summed E-state index contributed by atoms with van der Waals surface area (Å²) in [5.74, 6) is 1.64. The largest absolute Gasteiger partial charge is 0.345 e. The highest BCUT2D eigenvalue weighted by molar-refractivity contribution is 5.83. The lowest BCUT2D eigenvalue weighted by Gasteiger charge is -2.26. The summed E-state index contributed by atoms with van der Waals surface area (Å²) in [6, 6.07) is 3.52. The molecule has 27 heavy (non-hydrogen) atoms. The summed E-state index contributed by atoms with van der Waals surface area (Å²) >= 11 is 0. The van der Waals surface area contributed by atoms with Crippen molar-refractivity contribution in [2.45, 2.75) is 63.5 Å². The van der Waals surface area contributed by atoms with Crippen molar-refractivity contribution in [3.63, 3.8) is 0 Å². The van der Waals surface area contributed by atoms with Crippen molar-refractivity contribution in [2.75, 3.05) is 13.1 Å². The number of hydrogen-bond acceptors (Lipinski definition) is 6. The summed E-state index contributed by atoms with van der Waals surface area (Å²) in [6.07, 6.45) is 11.8. The minimum Gasteiger partial charge on any atom is -0.345 e. The van der Waals surface area contributed by atoms with Crippen LogP contribution >= 0.6 is 0 Å². The molecule has 0 spiro atoms. The van der Waals surface area contributed by atoms with E-state index in [1.165, 1.54) is 19.3 Å². The summed E-state index contributed by atoms with van der Waals surface area (Å²) in [4.78, 5) is 23.9. The van der Waals surface area contributed by atoms with Crippen molar-refractivity contribution < 1.29 is 9.32 Å². The highest BCUT2D eigenvalue weighted by Crippen LogP contribution is 2.30. The van der Waals surface area contributed by atoms with Crippen LogP contribution in [0.2, 0.25) is 0 Å². The molecule has 7 nitrogen and oxygen atoms in total. The Kier molecular flexibility index (Phi) is 5.77. The Morgan fingerprint density at radius 2 is 2.04 bits per heavy atom. The molecule has 0 bridgehead atoms. The molecule has 1 saturated heterocycles. The highest BCUT2D eigenvalue weighted by atomic mass is 16.5. The van der Waals surface area contributed by atoms with Gasteiger partial charge in [0.15, 0.2) is 5.82 Å². The smallest absolute Gasteiger partial charge is 0.246 e. The fraction of sp³-hybridized carbons (Fsp3) is 0.600. The molecule has 1 unspecified atom stereocenters. The van der Waals surface area contributed by atoms with Gasteiger partial charge in [0.1, 0.15) is 6.04 Å². The van der Waals surface area contributed by atoms with Gasteiger partial charge in [-0.25, -0.2) is 0 Å². The molecule has 144 valence electrons. The lowest BCUT2D eigenvalue weighted by molar-refractivity contribution is -0.126. The van der Waals surface area contributed by atoms with E-state index < -0.39 is 0 Å². The van der Waals surface area contributed by atoms with E-state index in [-0.39, 0.29) is 18.5 Å². The molecule has 1 aliphatic carbocycles. The van der Waals surface area contributed by atoms with Crippen LogP contribution in [0.4, 0.5) is 0 Å². The van der Waals surface area contributed by atoms with Crippen LogP contribution in [0.1, 0.15) is 74.2 Å². The number of aromatic nitrogens is 3. The standard InChI is InChI=1S/C20H27N5O2/c26-20(18(25-11-4-5-12-25)16-9-6-10-21-13-16)22-14-17-23-19(24-27-17)15-7-2-1-3-8-15/h6,9-10,13,15,18H,1-5,7-8,11-12,14H2,(H,22,26). The Balaban J connectivity index is 1.40. The maximum absolute atomic E-state index is 12.9. The van der Waals surface area contributed by atoms with Crippen LogP contribution < -0.4 is 5.32 Å². The summed E-state index contributed by atoms with van der Waals surface area (Å²) in [7, 11) is 0. The van der Waals surface area contributed by atoms with Crippen molar-refractivity contribution in [3.8, 4) is 0 Å². The molecule has 7 heteroatoms. The molecule has 0 aromatic carbocycles. The summed E-state index contributed by atoms with van der Waals surface area (Å²) in [5, 5.41) is 7.13. The van der Waals surface area contributed by atoms with Gasteiger partial charge < -0.3 is 9.84 Å². The molecule has 2 aliphatic rings. The predicted octanol–water partition coefficient (Wildman–Crippen LogP) is 2.97. The molecule has 2 fully saturated rings. The van der Waals surface area contributed by atoms with Crippen LogP contribution in [0.5, 0.6) is 0 Å². The van der Waals surface area contributed by atoms with Crippen LogP contribution in [0.25, 0.3) is 0 Å². The fourth-order valence-corrected chi connectivity index (χ4v) is 4.19. The molecule has 2 aromatic heterocycles. The monoisotopic (exact) mass is 369 g/mol. The van der Waals surface area contributed by atoms with Crippen LogP contribution in [-0.4, -0.2) is 39.0 Å². The molecule has 1 amide bonds. The first-order valence-corrected chi connectivity index (χ1v) is 10.1. The maximum Gasteiger partial charge on any atom is 0.246 e. The average molecular weight is 369 g/mol. The van der Waals surface area contributed by atoms with E-state index in [2.05, 4.69) is 25.3 Å². The predicted molar refractivity (Wildman–Crippen MR) is 99.8 cm³/mol. The second-order valence-corrected chi connectivity index (χ2v) is 7.53. The van der Waals surface area contributed by atoms with Gasteiger partial charge in [-0.3, -0.25) is 14.7 Å². The third kappa shape index (κ3) is 4.35. The second-order valence-electron chi connectivity index (χ2n) is 7.53. The van der Waals surface area contributed by atoms with Crippen molar-refractivity contribution in [3.05, 3.63) is 41.8 Å². The van der Waals surface area contributed by atoms with Crippen LogP contribution in [-0.2, 0) is 11.3 Å². The number of hydrogen-bond donors (Lipinski definition) is 1. The molecule has 1 saturated carbocycles. The van der Waals surface area contributed by atoms with Gasteiger partial charge >= 0.3 is 0 Å². The third-order valence-electron chi connectivity index (χ3n) is 5.62. The van der Waals surface area contributed by atoms with Crippen LogP contribution in [0.3, 0.4) is 0 Å². The first kappa shape index (κ1) is 18.1. The van der Waals surface area contributed by atoms with E-state index >= 15 is 0 Å². The number of nitrogens with one attached hydrogen (secondary N) is 1. The van der Waals surface area contributed by atoms with Crippen LogP contribution in [0.15, 0.2) is 29.0 Å². The Labute approximate surface area is 159 Å². The fourth-order valence-electron chi connectivity index (χ4n) is 4.19. The van der Waals surface area contributed by atoms with Gasteiger partial charge in [0.2, 0.25) is 11.8 Å². The molecule has 3 heterocycles. The zero-order valence-electron chi connectivity index (χ0n) is 15.6. The third-order valence-corrected chi connectivity index (χ3v) is 5.62. The van der Waals surface area contributed by atoms with E-state index in [0.717, 1.165) is 50.2 Å². The first-order valence-electron chi connectivity index (χ1n) is 10.1. The van der Waals surface area contributed by atoms with Gasteiger partial charge in [0.25, 0.3) is 0 Å². The minimum atomic E-state index is -0.318. The number of carbonyl (C=O) groups is 1. The summed E-state index contributed by atoms with van der Waals surface area (Å²) < 4.78 is 5.38. The summed E-state index contributed by atoms with van der Waals surface area (Å²) in [5.41, 5.74) is 0.922. The van der Waals surface area contributed by atoms with Gasteiger partial charge in [-0.15, -0.1) is 0 Å². The van der Waals surface area contributed by atoms with Crippen LogP contribution in [0, 0.1) is 0 Å². The van der Waals surface area contributed by atoms with Gasteiger partial charge in [-0.05, 0) is 50.4 Å². The molecule has 1 aliphatic heterocycles. The van der Waals surface area contributed by atoms with Crippen molar-refractivity contribution >= 4 is 5.91 Å². The molecule has 1 N–H and O–H groups in total. The molecular weight excluding hydrogens is 342 g/mol. The van der Waals surface area contributed by atoms with E-state index in [9.17, 15) is 4.79 Å². The Bertz CT molecular complexity index is 736. The second kappa shape index (κ2) is 8.61. The minimum absolute atomic E-state index is 0.0395. The molecule has 2 aromatic rings. The highest BCUT2D eigenvalue weighted by Gasteiger charge is 2.30. The topological polar surface area (TPSA) is 84.2 Å². The van der Waals surface area contributed by atoms with E-state index in [0.29, 0.717) is 11.8 Å². The SMILES string of the molecule is O=C(NCc1nc(C2CCCCC2)no1)C(c1cccnc1)N1CCCC1. The van der Waals surface area contributed by atoms with E-state index in [4.69, 9.17) is 4.52 Å². The molecule has 0 radical (unpaired) electrons. The van der Waals surface area contributed by atoms with Gasteiger partial charge in [-0.2, -0.15) is 4.98 Å². The number of amides is 1. The van der Waals surface area contributed by atoms with E-state index in [1.54, 1.807) is 12.4 Å². The molecular formula is C20H27N5O2. The quantitative estimate of drug-likeness (QED) is 0.843. The number of likely N-dealkylation sites (tertiary alicyclic amines) is 1. The molecule has 1 atom stereocenters. The van der Waals surface area contributed by atoms with Crippen molar-refractivity contribution in [1.29, 1.82) is 0 Å². The van der Waals surface area contributed by atoms with Gasteiger partial charge in [-0.1, -0.05) is 30.5 Å². The lowest BCUT2D eigenvalue weighted by atomic mass is 9.89. The normalized spacial score (nSPS) is 19.9. The zero-order chi connectivity index (χ0) is 18.5. The maximum atomic E-state index is 12.9. The average Bonchev–Trinajstić information content (AvgIpc) is 3.41. The first-order chi connectivity index (χ1) is 13.3. The number of carbonyl (C=O) groups excluding carboxylic acids is 1. The number of nitrogens with zero attached hydrogens (tertiary/aromatic N) is 4. The van der Waals surface area contributed by atoms with Crippen molar-refractivity contribution in [1.82, 2.24) is 25.3 Å². The van der Waals surface area contributed by atoms with E-state index in [1.807, 2.05) is 12.1 Å². The number of pyridine rings is 1.